The molecule has 6 nitrogen and oxygen atoms in total. The second-order valence-electron chi connectivity index (χ2n) is 4.89. The zero-order chi connectivity index (χ0) is 18.1. The van der Waals surface area contributed by atoms with Gasteiger partial charge in [-0.05, 0) is 30.3 Å². The Morgan fingerprint density at radius 2 is 1.96 bits per heavy atom. The van der Waals surface area contributed by atoms with E-state index in [4.69, 9.17) is 29.0 Å². The van der Waals surface area contributed by atoms with Crippen LogP contribution in [0, 0.1) is 11.6 Å². The first-order valence-electron chi connectivity index (χ1n) is 6.79. The van der Waals surface area contributed by atoms with Crippen LogP contribution in [0.2, 0.25) is 10.0 Å². The van der Waals surface area contributed by atoms with Gasteiger partial charge in [-0.15, -0.1) is 5.10 Å². The maximum absolute atomic E-state index is 13.8. The molecule has 1 aromatic heterocycles. The van der Waals surface area contributed by atoms with Gasteiger partial charge in [0.05, 0.1) is 22.6 Å². The van der Waals surface area contributed by atoms with Crippen LogP contribution in [0.25, 0.3) is 5.69 Å². The normalized spacial score (nSPS) is 10.8. The number of amides is 1. The average molecular weight is 384 g/mol. The first-order chi connectivity index (χ1) is 11.9. The highest BCUT2D eigenvalue weighted by atomic mass is 35.5. The third-order valence-electron chi connectivity index (χ3n) is 3.28. The topological polar surface area (TPSA) is 77.0 Å². The highest BCUT2D eigenvalue weighted by Gasteiger charge is 2.22. The van der Waals surface area contributed by atoms with Gasteiger partial charge in [0.15, 0.2) is 17.3 Å². The van der Waals surface area contributed by atoms with Crippen LogP contribution in [-0.4, -0.2) is 20.9 Å². The highest BCUT2D eigenvalue weighted by Crippen LogP contribution is 2.24. The van der Waals surface area contributed by atoms with Crippen LogP contribution in [0.1, 0.15) is 10.5 Å². The van der Waals surface area contributed by atoms with Gasteiger partial charge in [-0.3, -0.25) is 4.79 Å². The molecule has 0 unspecified atom stereocenters. The summed E-state index contributed by atoms with van der Waals surface area (Å²) in [5.41, 5.74) is -0.233. The molecule has 3 rings (SSSR count). The first-order valence-corrected chi connectivity index (χ1v) is 7.55. The number of hydrogen-bond acceptors (Lipinski definition) is 4. The van der Waals surface area contributed by atoms with Crippen molar-refractivity contribution >= 4 is 34.8 Å². The number of carbonyl (C=O) groups excluding carboxylic acids is 1. The number of anilines is 1. The van der Waals surface area contributed by atoms with Crippen molar-refractivity contribution in [3.05, 3.63) is 70.0 Å². The number of nitrogens with two attached hydrogens (primary N) is 1. The van der Waals surface area contributed by atoms with E-state index in [-0.39, 0.29) is 5.69 Å². The molecular weight excluding hydrogens is 375 g/mol. The molecule has 10 heteroatoms. The molecule has 3 aromatic rings. The van der Waals surface area contributed by atoms with Gasteiger partial charge in [-0.2, -0.15) is 0 Å². The smallest absolute Gasteiger partial charge is 0.265 e. The molecule has 0 aliphatic carbocycles. The van der Waals surface area contributed by atoms with Gasteiger partial charge in [0.2, 0.25) is 0 Å². The Kier molecular flexibility index (Phi) is 4.67. The molecule has 128 valence electrons. The van der Waals surface area contributed by atoms with Crippen LogP contribution in [0.4, 0.5) is 14.5 Å². The van der Waals surface area contributed by atoms with Crippen molar-refractivity contribution in [3.8, 4) is 5.69 Å². The number of hydrazine groups is 1. The fourth-order valence-electron chi connectivity index (χ4n) is 2.05. The van der Waals surface area contributed by atoms with Crippen molar-refractivity contribution in [3.63, 3.8) is 0 Å². The Hall–Kier alpha value is -2.55. The molecule has 0 radical (unpaired) electrons. The lowest BCUT2D eigenvalue weighted by Gasteiger charge is -2.15. The van der Waals surface area contributed by atoms with Crippen molar-refractivity contribution < 1.29 is 13.6 Å². The second kappa shape index (κ2) is 6.75. The lowest BCUT2D eigenvalue weighted by Crippen LogP contribution is -2.38. The maximum Gasteiger partial charge on any atom is 0.294 e. The minimum Gasteiger partial charge on any atom is -0.265 e. The predicted molar refractivity (Wildman–Crippen MR) is 88.7 cm³/mol. The third kappa shape index (κ3) is 3.32. The number of carbonyl (C=O) groups is 1. The molecule has 0 saturated heterocycles. The SMILES string of the molecule is NN(C(=O)c1cn(-c2cc(Cl)ccc2Cl)nn1)c1cccc(F)c1F. The monoisotopic (exact) mass is 383 g/mol. The van der Waals surface area contributed by atoms with Gasteiger partial charge in [0.1, 0.15) is 0 Å². The Labute approximate surface area is 150 Å². The van der Waals surface area contributed by atoms with Gasteiger partial charge in [0, 0.05) is 5.02 Å². The number of benzene rings is 2. The Bertz CT molecular complexity index is 963. The summed E-state index contributed by atoms with van der Waals surface area (Å²) in [5, 5.41) is 8.65. The molecule has 2 N–H and O–H groups in total. The Morgan fingerprint density at radius 3 is 2.72 bits per heavy atom. The molecule has 0 fully saturated rings. The van der Waals surface area contributed by atoms with E-state index in [2.05, 4.69) is 10.3 Å². The summed E-state index contributed by atoms with van der Waals surface area (Å²) < 4.78 is 28.3. The number of nitrogens with zero attached hydrogens (tertiary/aromatic N) is 4. The predicted octanol–water partition coefficient (Wildman–Crippen LogP) is 3.37. The summed E-state index contributed by atoms with van der Waals surface area (Å²) in [5.74, 6) is 2.34. The minimum atomic E-state index is -1.25. The fourth-order valence-corrected chi connectivity index (χ4v) is 2.42. The molecular formula is C15H9Cl2F2N5O. The summed E-state index contributed by atoms with van der Waals surface area (Å²) in [6.07, 6.45) is 1.25. The van der Waals surface area contributed by atoms with Crippen LogP contribution in [0.5, 0.6) is 0 Å². The molecule has 0 atom stereocenters. The lowest BCUT2D eigenvalue weighted by molar-refractivity contribution is 0.0981. The summed E-state index contributed by atoms with van der Waals surface area (Å²) in [4.78, 5) is 12.3. The average Bonchev–Trinajstić information content (AvgIpc) is 3.08. The molecule has 25 heavy (non-hydrogen) atoms. The molecule has 0 aliphatic rings. The second-order valence-corrected chi connectivity index (χ2v) is 5.74. The molecule has 0 spiro atoms. The van der Waals surface area contributed by atoms with Gasteiger partial charge in [-0.25, -0.2) is 24.3 Å². The molecule has 2 aromatic carbocycles. The van der Waals surface area contributed by atoms with E-state index in [1.165, 1.54) is 23.0 Å². The van der Waals surface area contributed by atoms with E-state index in [1.807, 2.05) is 0 Å². The number of halogens is 4. The first kappa shape index (κ1) is 17.3. The summed E-state index contributed by atoms with van der Waals surface area (Å²) >= 11 is 12.0. The molecule has 1 heterocycles. The zero-order valence-corrected chi connectivity index (χ0v) is 13.8. The van der Waals surface area contributed by atoms with E-state index in [1.54, 1.807) is 12.1 Å². The van der Waals surface area contributed by atoms with Crippen LogP contribution >= 0.6 is 23.2 Å². The molecule has 1 amide bonds. The van der Waals surface area contributed by atoms with E-state index >= 15 is 0 Å². The molecule has 0 saturated carbocycles. The summed E-state index contributed by atoms with van der Waals surface area (Å²) in [6, 6.07) is 7.97. The Balaban J connectivity index is 1.93. The van der Waals surface area contributed by atoms with Gasteiger partial charge >= 0.3 is 0 Å². The van der Waals surface area contributed by atoms with E-state index in [0.717, 1.165) is 12.1 Å². The van der Waals surface area contributed by atoms with Crippen LogP contribution in [0.15, 0.2) is 42.6 Å². The van der Waals surface area contributed by atoms with E-state index in [9.17, 15) is 13.6 Å². The zero-order valence-electron chi connectivity index (χ0n) is 12.3. The lowest BCUT2D eigenvalue weighted by atomic mass is 10.2. The number of rotatable bonds is 3. The minimum absolute atomic E-state index is 0.192. The van der Waals surface area contributed by atoms with Crippen molar-refractivity contribution in [1.82, 2.24) is 15.0 Å². The number of aromatic nitrogens is 3. The van der Waals surface area contributed by atoms with Crippen LogP contribution in [0.3, 0.4) is 0 Å². The summed E-state index contributed by atoms with van der Waals surface area (Å²) in [7, 11) is 0. The van der Waals surface area contributed by atoms with E-state index in [0.29, 0.717) is 20.7 Å². The van der Waals surface area contributed by atoms with Crippen molar-refractivity contribution in [2.75, 3.05) is 5.01 Å². The standard InChI is InChI=1S/C15H9Cl2F2N5O/c16-8-4-5-9(17)13(6-8)23-7-11(21-22-23)15(25)24(20)12-3-1-2-10(18)14(12)19/h1-7H,20H2. The summed E-state index contributed by atoms with van der Waals surface area (Å²) in [6.45, 7) is 0. The van der Waals surface area contributed by atoms with Crippen molar-refractivity contribution in [2.45, 2.75) is 0 Å². The van der Waals surface area contributed by atoms with Crippen molar-refractivity contribution in [1.29, 1.82) is 0 Å². The molecule has 0 bridgehead atoms. The van der Waals surface area contributed by atoms with Crippen molar-refractivity contribution in [2.24, 2.45) is 5.84 Å². The molecule has 0 aliphatic heterocycles. The van der Waals surface area contributed by atoms with Gasteiger partial charge in [-0.1, -0.05) is 34.5 Å². The number of hydrogen-bond donors (Lipinski definition) is 1. The largest absolute Gasteiger partial charge is 0.294 e. The van der Waals surface area contributed by atoms with Gasteiger partial charge < -0.3 is 0 Å². The highest BCUT2D eigenvalue weighted by molar-refractivity contribution is 6.34. The maximum atomic E-state index is 13.8. The fraction of sp³-hybridized carbons (Fsp3) is 0. The third-order valence-corrected chi connectivity index (χ3v) is 3.83. The van der Waals surface area contributed by atoms with Crippen LogP contribution < -0.4 is 10.9 Å². The van der Waals surface area contributed by atoms with Crippen LogP contribution in [-0.2, 0) is 0 Å². The quantitative estimate of drug-likeness (QED) is 0.427. The van der Waals surface area contributed by atoms with E-state index < -0.39 is 23.2 Å². The Morgan fingerprint density at radius 1 is 1.20 bits per heavy atom. The van der Waals surface area contributed by atoms with Gasteiger partial charge in [0.25, 0.3) is 5.91 Å².